The highest BCUT2D eigenvalue weighted by Gasteiger charge is 2.39. The van der Waals surface area contributed by atoms with Crippen molar-refractivity contribution in [1.29, 1.82) is 0 Å². The molecule has 0 spiro atoms. The number of pyridine rings is 2. The molecule has 1 aliphatic heterocycles. The SMILES string of the molecule is O=C(c1oc(-c2ccccn2)nc1C(F)F)N1CCc2[nH]cnc2[C@@H]1c1ccc2ccccc2n1. The molecule has 0 bridgehead atoms. The van der Waals surface area contributed by atoms with E-state index in [0.29, 0.717) is 17.8 Å². The summed E-state index contributed by atoms with van der Waals surface area (Å²) in [5.74, 6) is -1.35. The van der Waals surface area contributed by atoms with Crippen LogP contribution in [0.2, 0.25) is 0 Å². The van der Waals surface area contributed by atoms with Gasteiger partial charge in [-0.2, -0.15) is 0 Å². The van der Waals surface area contributed by atoms with Crippen molar-refractivity contribution < 1.29 is 18.0 Å². The van der Waals surface area contributed by atoms with Crippen molar-refractivity contribution in [3.63, 3.8) is 0 Å². The zero-order chi connectivity index (χ0) is 23.9. The van der Waals surface area contributed by atoms with E-state index in [-0.39, 0.29) is 18.1 Å². The minimum atomic E-state index is -3.00. The van der Waals surface area contributed by atoms with Crippen molar-refractivity contribution in [1.82, 2.24) is 29.8 Å². The van der Waals surface area contributed by atoms with E-state index in [2.05, 4.69) is 19.9 Å². The molecule has 174 valence electrons. The van der Waals surface area contributed by atoms with Gasteiger partial charge in [0.1, 0.15) is 11.7 Å². The molecule has 1 atom stereocenters. The number of rotatable bonds is 4. The number of nitrogens with one attached hydrogen (secondary N) is 1. The highest BCUT2D eigenvalue weighted by molar-refractivity contribution is 5.94. The van der Waals surface area contributed by atoms with Crippen LogP contribution in [0.3, 0.4) is 0 Å². The van der Waals surface area contributed by atoms with Crippen LogP contribution < -0.4 is 0 Å². The fourth-order valence-electron chi connectivity index (χ4n) is 4.39. The largest absolute Gasteiger partial charge is 0.429 e. The lowest BCUT2D eigenvalue weighted by Gasteiger charge is -2.34. The highest BCUT2D eigenvalue weighted by Crippen LogP contribution is 2.36. The second-order valence-electron chi connectivity index (χ2n) is 8.10. The number of aromatic nitrogens is 5. The number of hydrogen-bond donors (Lipinski definition) is 1. The van der Waals surface area contributed by atoms with Gasteiger partial charge in [-0.25, -0.2) is 18.7 Å². The van der Waals surface area contributed by atoms with Gasteiger partial charge in [-0.3, -0.25) is 14.8 Å². The molecular formula is C25H18F2N6O2. The number of amides is 1. The first-order valence-electron chi connectivity index (χ1n) is 11.0. The first kappa shape index (κ1) is 21.1. The topological polar surface area (TPSA) is 101 Å². The van der Waals surface area contributed by atoms with E-state index in [1.165, 1.54) is 11.1 Å². The van der Waals surface area contributed by atoms with Crippen molar-refractivity contribution in [2.45, 2.75) is 18.9 Å². The summed E-state index contributed by atoms with van der Waals surface area (Å²) < 4.78 is 33.5. The number of benzene rings is 1. The van der Waals surface area contributed by atoms with Crippen LogP contribution in [-0.2, 0) is 6.42 Å². The van der Waals surface area contributed by atoms with E-state index >= 15 is 0 Å². The third kappa shape index (κ3) is 3.63. The maximum Gasteiger partial charge on any atom is 0.292 e. The average Bonchev–Trinajstić information content (AvgIpc) is 3.56. The van der Waals surface area contributed by atoms with Crippen LogP contribution in [-0.4, -0.2) is 42.3 Å². The Morgan fingerprint density at radius 3 is 2.74 bits per heavy atom. The third-order valence-corrected chi connectivity index (χ3v) is 6.02. The number of aromatic amines is 1. The van der Waals surface area contributed by atoms with Crippen LogP contribution in [0, 0.1) is 0 Å². The Labute approximate surface area is 197 Å². The number of halogens is 2. The molecule has 5 heterocycles. The molecule has 0 saturated carbocycles. The Hall–Kier alpha value is -4.47. The van der Waals surface area contributed by atoms with Crippen molar-refractivity contribution >= 4 is 16.8 Å². The summed E-state index contributed by atoms with van der Waals surface area (Å²) in [6, 6.07) is 15.6. The second kappa shape index (κ2) is 8.39. The molecule has 1 amide bonds. The van der Waals surface area contributed by atoms with E-state index in [1.807, 2.05) is 36.4 Å². The van der Waals surface area contributed by atoms with E-state index < -0.39 is 29.8 Å². The number of carbonyl (C=O) groups excluding carboxylic acids is 1. The summed E-state index contributed by atoms with van der Waals surface area (Å²) in [5, 5.41) is 0.947. The maximum atomic E-state index is 13.9. The molecule has 0 aliphatic carbocycles. The molecule has 6 rings (SSSR count). The molecular weight excluding hydrogens is 454 g/mol. The molecule has 0 radical (unpaired) electrons. The number of imidazole rings is 1. The molecule has 4 aromatic heterocycles. The number of oxazole rings is 1. The second-order valence-corrected chi connectivity index (χ2v) is 8.10. The summed E-state index contributed by atoms with van der Waals surface area (Å²) in [4.78, 5) is 35.5. The fourth-order valence-corrected chi connectivity index (χ4v) is 4.39. The summed E-state index contributed by atoms with van der Waals surface area (Å²) in [6.07, 6.45) is 0.536. The van der Waals surface area contributed by atoms with Crippen LogP contribution in [0.4, 0.5) is 8.78 Å². The number of nitrogens with zero attached hydrogens (tertiary/aromatic N) is 5. The minimum absolute atomic E-state index is 0.137. The summed E-state index contributed by atoms with van der Waals surface area (Å²) in [6.45, 7) is 0.259. The lowest BCUT2D eigenvalue weighted by Crippen LogP contribution is -2.41. The van der Waals surface area contributed by atoms with Gasteiger partial charge < -0.3 is 14.3 Å². The Bertz CT molecular complexity index is 1530. The van der Waals surface area contributed by atoms with E-state index in [1.54, 1.807) is 24.5 Å². The van der Waals surface area contributed by atoms with Crippen LogP contribution >= 0.6 is 0 Å². The van der Waals surface area contributed by atoms with Crippen molar-refractivity contribution in [3.05, 3.63) is 95.7 Å². The highest BCUT2D eigenvalue weighted by atomic mass is 19.3. The van der Waals surface area contributed by atoms with Gasteiger partial charge in [0.05, 0.1) is 23.2 Å². The van der Waals surface area contributed by atoms with Crippen LogP contribution in [0.5, 0.6) is 0 Å². The molecule has 35 heavy (non-hydrogen) atoms. The zero-order valence-electron chi connectivity index (χ0n) is 18.2. The Kier molecular flexibility index (Phi) is 5.05. The first-order chi connectivity index (χ1) is 17.1. The fraction of sp³-hybridized carbons (Fsp3) is 0.160. The number of para-hydroxylation sites is 1. The third-order valence-electron chi connectivity index (χ3n) is 6.02. The monoisotopic (exact) mass is 472 g/mol. The molecule has 1 N–H and O–H groups in total. The molecule has 8 nitrogen and oxygen atoms in total. The van der Waals surface area contributed by atoms with E-state index in [9.17, 15) is 13.6 Å². The Morgan fingerprint density at radius 2 is 1.91 bits per heavy atom. The normalized spacial score (nSPS) is 15.5. The lowest BCUT2D eigenvalue weighted by atomic mass is 9.98. The average molecular weight is 472 g/mol. The summed E-state index contributed by atoms with van der Waals surface area (Å²) >= 11 is 0. The molecule has 0 saturated heterocycles. The van der Waals surface area contributed by atoms with Gasteiger partial charge >= 0.3 is 0 Å². The van der Waals surface area contributed by atoms with Crippen molar-refractivity contribution in [2.75, 3.05) is 6.54 Å². The molecule has 1 aromatic carbocycles. The van der Waals surface area contributed by atoms with Gasteiger partial charge in [0.25, 0.3) is 12.3 Å². The van der Waals surface area contributed by atoms with Crippen LogP contribution in [0.25, 0.3) is 22.5 Å². The molecule has 5 aromatic rings. The predicted molar refractivity (Wildman–Crippen MR) is 122 cm³/mol. The number of H-pyrrole nitrogens is 1. The summed E-state index contributed by atoms with van der Waals surface area (Å²) in [7, 11) is 0. The van der Waals surface area contributed by atoms with Gasteiger partial charge in [0, 0.05) is 30.2 Å². The van der Waals surface area contributed by atoms with Gasteiger partial charge in [0.2, 0.25) is 11.7 Å². The van der Waals surface area contributed by atoms with Gasteiger partial charge in [0.15, 0.2) is 5.69 Å². The van der Waals surface area contributed by atoms with Crippen molar-refractivity contribution in [3.8, 4) is 11.6 Å². The molecule has 0 fully saturated rings. The Morgan fingerprint density at radius 1 is 1.06 bits per heavy atom. The van der Waals surface area contributed by atoms with E-state index in [4.69, 9.17) is 9.40 Å². The van der Waals surface area contributed by atoms with Crippen LogP contribution in [0.15, 0.2) is 71.5 Å². The van der Waals surface area contributed by atoms with Gasteiger partial charge in [-0.15, -0.1) is 0 Å². The number of alkyl halides is 2. The zero-order valence-corrected chi connectivity index (χ0v) is 18.2. The van der Waals surface area contributed by atoms with Crippen molar-refractivity contribution in [2.24, 2.45) is 0 Å². The molecule has 0 unspecified atom stereocenters. The first-order valence-corrected chi connectivity index (χ1v) is 11.0. The lowest BCUT2D eigenvalue weighted by molar-refractivity contribution is 0.0640. The van der Waals surface area contributed by atoms with Gasteiger partial charge in [-0.05, 0) is 24.3 Å². The smallest absolute Gasteiger partial charge is 0.292 e. The van der Waals surface area contributed by atoms with Crippen LogP contribution in [0.1, 0.15) is 45.8 Å². The standard InChI is InChI=1S/C25H18F2N6O2/c26-23(27)20-22(35-24(32-20)18-7-3-4-11-28-18)25(34)33-12-10-16-19(30-13-29-16)21(33)17-9-8-14-5-1-2-6-15(14)31-17/h1-9,11,13,21,23H,10,12H2,(H,29,30)/t21-/m0/s1. The number of hydrogen-bond acceptors (Lipinski definition) is 6. The number of carbonyl (C=O) groups is 1. The predicted octanol–water partition coefficient (Wildman–Crippen LogP) is 4.73. The minimum Gasteiger partial charge on any atom is -0.429 e. The number of fused-ring (bicyclic) bond motifs is 2. The maximum absolute atomic E-state index is 13.9. The molecule has 10 heteroatoms. The quantitative estimate of drug-likeness (QED) is 0.406. The van der Waals surface area contributed by atoms with Gasteiger partial charge in [-0.1, -0.05) is 30.3 Å². The van der Waals surface area contributed by atoms with E-state index in [0.717, 1.165) is 16.6 Å². The summed E-state index contributed by atoms with van der Waals surface area (Å²) in [5.41, 5.74) is 2.37. The Balaban J connectivity index is 1.45. The molecule has 1 aliphatic rings.